The number of alkyl halides is 3. The molecule has 3 aromatic rings. The minimum Gasteiger partial charge on any atom is -0.315 e. The summed E-state index contributed by atoms with van der Waals surface area (Å²) in [6.07, 6.45) is -4.61. The first-order chi connectivity index (χ1) is 14.5. The number of amides is 2. The van der Waals surface area contributed by atoms with Crippen molar-refractivity contribution >= 4 is 34.2 Å². The number of benzene rings is 2. The molecule has 0 spiro atoms. The van der Waals surface area contributed by atoms with Crippen molar-refractivity contribution in [3.63, 3.8) is 0 Å². The maximum atomic E-state index is 13.3. The number of carbonyl (C=O) groups excluding carboxylic acids is 1. The third-order valence-electron chi connectivity index (χ3n) is 4.99. The second-order valence-electron chi connectivity index (χ2n) is 6.93. The van der Waals surface area contributed by atoms with Gasteiger partial charge in [-0.15, -0.1) is 0 Å². The van der Waals surface area contributed by atoms with Gasteiger partial charge in [0.2, 0.25) is 0 Å². The number of anilines is 1. The number of nitrogens with one attached hydrogen (secondary N) is 1. The fourth-order valence-corrected chi connectivity index (χ4v) is 3.57. The van der Waals surface area contributed by atoms with Crippen molar-refractivity contribution in [1.29, 1.82) is 0 Å². The summed E-state index contributed by atoms with van der Waals surface area (Å²) in [5.41, 5.74) is -1.22. The second kappa shape index (κ2) is 8.58. The van der Waals surface area contributed by atoms with E-state index in [2.05, 4.69) is 10.3 Å². The molecule has 1 N–H and O–H groups in total. The molecular weight excluding hydrogens is 433 g/mol. The van der Waals surface area contributed by atoms with E-state index in [0.717, 1.165) is 6.07 Å². The highest BCUT2D eigenvalue weighted by Gasteiger charge is 2.34. The van der Waals surface area contributed by atoms with E-state index in [9.17, 15) is 22.8 Å². The fraction of sp³-hybridized carbons (Fsp3) is 0.286. The molecule has 3 rings (SSSR count). The van der Waals surface area contributed by atoms with Crippen LogP contribution in [0.25, 0.3) is 10.9 Å². The Bertz CT molecular complexity index is 1190. The summed E-state index contributed by atoms with van der Waals surface area (Å²) in [4.78, 5) is 31.4. The summed E-state index contributed by atoms with van der Waals surface area (Å²) in [6.45, 7) is 3.52. The molecule has 2 aromatic carbocycles. The maximum Gasteiger partial charge on any atom is 0.418 e. The normalized spacial score (nSPS) is 12.6. The lowest BCUT2D eigenvalue weighted by Crippen LogP contribution is -2.39. The Morgan fingerprint density at radius 1 is 1.26 bits per heavy atom. The van der Waals surface area contributed by atoms with Gasteiger partial charge in [0.25, 0.3) is 5.56 Å². The van der Waals surface area contributed by atoms with Crippen LogP contribution in [0, 0.1) is 0 Å². The van der Waals surface area contributed by atoms with Crippen LogP contribution >= 0.6 is 11.6 Å². The van der Waals surface area contributed by atoms with Crippen molar-refractivity contribution in [2.45, 2.75) is 26.1 Å². The molecule has 2 amide bonds. The van der Waals surface area contributed by atoms with E-state index in [4.69, 9.17) is 11.6 Å². The summed E-state index contributed by atoms with van der Waals surface area (Å²) in [7, 11) is 1.52. The predicted molar refractivity (Wildman–Crippen MR) is 113 cm³/mol. The van der Waals surface area contributed by atoms with Crippen molar-refractivity contribution < 1.29 is 18.0 Å². The quantitative estimate of drug-likeness (QED) is 0.590. The minimum absolute atomic E-state index is 0.176. The first kappa shape index (κ1) is 22.6. The van der Waals surface area contributed by atoms with E-state index < -0.39 is 23.8 Å². The van der Waals surface area contributed by atoms with E-state index in [1.54, 1.807) is 26.0 Å². The van der Waals surface area contributed by atoms with E-state index >= 15 is 0 Å². The highest BCUT2D eigenvalue weighted by Crippen LogP contribution is 2.35. The molecule has 0 saturated heterocycles. The largest absolute Gasteiger partial charge is 0.418 e. The second-order valence-corrected chi connectivity index (χ2v) is 7.37. The maximum absolute atomic E-state index is 13.3. The molecule has 0 saturated carbocycles. The van der Waals surface area contributed by atoms with Gasteiger partial charge in [0.1, 0.15) is 5.82 Å². The zero-order valence-corrected chi connectivity index (χ0v) is 17.8. The van der Waals surface area contributed by atoms with Gasteiger partial charge in [-0.25, -0.2) is 9.78 Å². The molecule has 0 aliphatic heterocycles. The molecule has 164 valence electrons. The fourth-order valence-electron chi connectivity index (χ4n) is 3.39. The first-order valence-corrected chi connectivity index (χ1v) is 9.82. The number of rotatable bonds is 4. The Hall–Kier alpha value is -3.07. The van der Waals surface area contributed by atoms with Crippen LogP contribution in [-0.2, 0) is 13.2 Å². The minimum atomic E-state index is -4.61. The van der Waals surface area contributed by atoms with Crippen LogP contribution < -0.4 is 10.9 Å². The van der Waals surface area contributed by atoms with Crippen LogP contribution in [0.2, 0.25) is 5.02 Å². The van der Waals surface area contributed by atoms with Crippen LogP contribution in [-0.4, -0.2) is 27.0 Å². The van der Waals surface area contributed by atoms with E-state index in [-0.39, 0.29) is 17.8 Å². The third kappa shape index (κ3) is 4.51. The zero-order valence-electron chi connectivity index (χ0n) is 17.0. The molecule has 1 unspecified atom stereocenters. The van der Waals surface area contributed by atoms with Gasteiger partial charge < -0.3 is 10.2 Å². The van der Waals surface area contributed by atoms with Gasteiger partial charge in [-0.05, 0) is 44.2 Å². The van der Waals surface area contributed by atoms with Gasteiger partial charge in [0.05, 0.1) is 28.2 Å². The van der Waals surface area contributed by atoms with Crippen molar-refractivity contribution in [3.05, 3.63) is 69.2 Å². The van der Waals surface area contributed by atoms with E-state index in [0.29, 0.717) is 21.7 Å². The lowest BCUT2D eigenvalue weighted by molar-refractivity contribution is -0.136. The summed E-state index contributed by atoms with van der Waals surface area (Å²) in [6, 6.07) is 8.03. The van der Waals surface area contributed by atoms with Crippen molar-refractivity contribution in [2.24, 2.45) is 7.05 Å². The zero-order chi connectivity index (χ0) is 22.9. The number of fused-ring (bicyclic) bond motifs is 1. The Morgan fingerprint density at radius 3 is 2.58 bits per heavy atom. The number of carbonyl (C=O) groups is 1. The number of hydrogen-bond acceptors (Lipinski definition) is 3. The lowest BCUT2D eigenvalue weighted by Gasteiger charge is -2.29. The lowest BCUT2D eigenvalue weighted by atomic mass is 10.1. The molecule has 0 aliphatic rings. The van der Waals surface area contributed by atoms with Crippen molar-refractivity contribution in [3.8, 4) is 0 Å². The molecule has 6 nitrogen and oxygen atoms in total. The number of urea groups is 1. The first-order valence-electron chi connectivity index (χ1n) is 9.44. The van der Waals surface area contributed by atoms with Gasteiger partial charge in [0.15, 0.2) is 0 Å². The standard InChI is InChI=1S/C21H20ClF3N4O2/c1-4-29(20(31)27-17-8-6-5-7-15(17)21(23,24)25)12(2)18-26-16-10-9-13(22)11-14(16)19(30)28(18)3/h5-12H,4H2,1-3H3,(H,27,31). The van der Waals surface area contributed by atoms with Gasteiger partial charge in [-0.1, -0.05) is 23.7 Å². The number of nitrogens with zero attached hydrogens (tertiary/aromatic N) is 3. The number of para-hydroxylation sites is 1. The topological polar surface area (TPSA) is 67.2 Å². The van der Waals surface area contributed by atoms with E-state index in [1.807, 2.05) is 0 Å². The van der Waals surface area contributed by atoms with Crippen LogP contribution in [0.15, 0.2) is 47.3 Å². The van der Waals surface area contributed by atoms with Gasteiger partial charge in [0, 0.05) is 18.6 Å². The molecule has 1 aromatic heterocycles. The van der Waals surface area contributed by atoms with Crippen LogP contribution in [0.1, 0.15) is 31.3 Å². The Balaban J connectivity index is 1.97. The Morgan fingerprint density at radius 2 is 1.94 bits per heavy atom. The van der Waals surface area contributed by atoms with Crippen LogP contribution in [0.3, 0.4) is 0 Å². The van der Waals surface area contributed by atoms with Gasteiger partial charge in [-0.2, -0.15) is 13.2 Å². The molecule has 0 radical (unpaired) electrons. The highest BCUT2D eigenvalue weighted by atomic mass is 35.5. The highest BCUT2D eigenvalue weighted by molar-refractivity contribution is 6.31. The Kier molecular flexibility index (Phi) is 6.26. The molecule has 0 fully saturated rings. The SMILES string of the molecule is CCN(C(=O)Nc1ccccc1C(F)(F)F)C(C)c1nc2ccc(Cl)cc2c(=O)n1C. The summed E-state index contributed by atoms with van der Waals surface area (Å²) in [5.74, 6) is 0.293. The summed E-state index contributed by atoms with van der Waals surface area (Å²) < 4.78 is 41.1. The number of halogens is 4. The molecule has 0 aliphatic carbocycles. The van der Waals surface area contributed by atoms with Gasteiger partial charge >= 0.3 is 12.2 Å². The average molecular weight is 453 g/mol. The summed E-state index contributed by atoms with van der Waals surface area (Å²) >= 11 is 5.96. The number of aromatic nitrogens is 2. The predicted octanol–water partition coefficient (Wildman–Crippen LogP) is 5.22. The summed E-state index contributed by atoms with van der Waals surface area (Å²) in [5, 5.41) is 3.06. The molecule has 1 atom stereocenters. The monoisotopic (exact) mass is 452 g/mol. The average Bonchev–Trinajstić information content (AvgIpc) is 2.71. The molecular formula is C21H20ClF3N4O2. The molecule has 31 heavy (non-hydrogen) atoms. The number of hydrogen-bond donors (Lipinski definition) is 1. The van der Waals surface area contributed by atoms with E-state index in [1.165, 1.54) is 40.8 Å². The Labute approximate surface area is 181 Å². The molecule has 1 heterocycles. The van der Waals surface area contributed by atoms with Gasteiger partial charge in [-0.3, -0.25) is 9.36 Å². The molecule has 0 bridgehead atoms. The van der Waals surface area contributed by atoms with Crippen molar-refractivity contribution in [1.82, 2.24) is 14.5 Å². The molecule has 10 heteroatoms. The van der Waals surface area contributed by atoms with Crippen LogP contribution in [0.5, 0.6) is 0 Å². The third-order valence-corrected chi connectivity index (χ3v) is 5.22. The van der Waals surface area contributed by atoms with Crippen LogP contribution in [0.4, 0.5) is 23.7 Å². The van der Waals surface area contributed by atoms with Crippen molar-refractivity contribution in [2.75, 3.05) is 11.9 Å². The smallest absolute Gasteiger partial charge is 0.315 e.